The van der Waals surface area contributed by atoms with Gasteiger partial charge in [-0.2, -0.15) is 14.9 Å². The number of para-hydroxylation sites is 1. The van der Waals surface area contributed by atoms with Gasteiger partial charge in [0.1, 0.15) is 12.4 Å². The smallest absolute Gasteiger partial charge is 0.252 e. The van der Waals surface area contributed by atoms with Crippen molar-refractivity contribution in [3.05, 3.63) is 70.9 Å². The van der Waals surface area contributed by atoms with Gasteiger partial charge < -0.3 is 5.32 Å². The molecular formula is C21H21N7O2. The summed E-state index contributed by atoms with van der Waals surface area (Å²) in [5.74, 6) is 0.505. The molecule has 3 aromatic heterocycles. The van der Waals surface area contributed by atoms with Gasteiger partial charge in [0.25, 0.3) is 5.95 Å². The van der Waals surface area contributed by atoms with Crippen molar-refractivity contribution in [3.63, 3.8) is 0 Å². The summed E-state index contributed by atoms with van der Waals surface area (Å²) in [7, 11) is 0. The van der Waals surface area contributed by atoms with Gasteiger partial charge in [0.15, 0.2) is 0 Å². The van der Waals surface area contributed by atoms with E-state index in [4.69, 9.17) is 0 Å². The Labute approximate surface area is 172 Å². The van der Waals surface area contributed by atoms with E-state index < -0.39 is 0 Å². The lowest BCUT2D eigenvalue weighted by molar-refractivity contribution is -0.116. The maximum atomic E-state index is 12.8. The van der Waals surface area contributed by atoms with Crippen LogP contribution in [0.4, 0.5) is 5.82 Å². The van der Waals surface area contributed by atoms with E-state index in [0.29, 0.717) is 22.7 Å². The molecule has 4 aromatic rings. The van der Waals surface area contributed by atoms with Crippen LogP contribution in [0, 0.1) is 0 Å². The molecule has 1 N–H and O–H groups in total. The Morgan fingerprint density at radius 2 is 1.83 bits per heavy atom. The summed E-state index contributed by atoms with van der Waals surface area (Å²) >= 11 is 0. The third-order valence-corrected chi connectivity index (χ3v) is 4.54. The number of benzene rings is 1. The fourth-order valence-electron chi connectivity index (χ4n) is 3.00. The lowest BCUT2D eigenvalue weighted by atomic mass is 9.92. The molecule has 3 heterocycles. The molecule has 9 nitrogen and oxygen atoms in total. The number of nitrogens with zero attached hydrogens (tertiary/aromatic N) is 6. The number of rotatable bonds is 4. The minimum absolute atomic E-state index is 0.0630. The molecule has 0 radical (unpaired) electrons. The Balaban J connectivity index is 1.66. The number of hydrogen-bond donors (Lipinski definition) is 1. The number of fused-ring (bicyclic) bond motifs is 1. The summed E-state index contributed by atoms with van der Waals surface area (Å²) in [5.41, 5.74) is 0.972. The van der Waals surface area contributed by atoms with Crippen LogP contribution in [0.15, 0.2) is 59.8 Å². The standard InChI is InChI=1S/C21H21N7O2/c1-21(2,3)17-11-18(28(26-17)20-22-9-6-10-23-20)25-19(30)13-27-15-8-5-4-7-14(15)16(29)12-24-27/h4-12H,13H2,1-3H3,(H,25,30). The third-order valence-electron chi connectivity index (χ3n) is 4.54. The Hall–Kier alpha value is -3.88. The van der Waals surface area contributed by atoms with Crippen LogP contribution in [0.5, 0.6) is 0 Å². The Kier molecular flexibility index (Phi) is 4.86. The molecule has 0 saturated heterocycles. The minimum Gasteiger partial charge on any atom is -0.309 e. The van der Waals surface area contributed by atoms with Gasteiger partial charge in [0.2, 0.25) is 11.3 Å². The van der Waals surface area contributed by atoms with E-state index in [9.17, 15) is 9.59 Å². The Morgan fingerprint density at radius 1 is 1.10 bits per heavy atom. The normalized spacial score (nSPS) is 11.6. The van der Waals surface area contributed by atoms with Gasteiger partial charge in [0.05, 0.1) is 17.4 Å². The highest BCUT2D eigenvalue weighted by Crippen LogP contribution is 2.25. The average molecular weight is 403 g/mol. The van der Waals surface area contributed by atoms with Crippen LogP contribution in [0.2, 0.25) is 0 Å². The highest BCUT2D eigenvalue weighted by molar-refractivity contribution is 5.91. The molecular weight excluding hydrogens is 382 g/mol. The van der Waals surface area contributed by atoms with Crippen molar-refractivity contribution in [1.29, 1.82) is 0 Å². The van der Waals surface area contributed by atoms with E-state index in [1.54, 1.807) is 42.7 Å². The maximum Gasteiger partial charge on any atom is 0.252 e. The van der Waals surface area contributed by atoms with Crippen LogP contribution in [-0.2, 0) is 16.8 Å². The Bertz CT molecular complexity index is 1270. The van der Waals surface area contributed by atoms with Crippen molar-refractivity contribution in [2.75, 3.05) is 5.32 Å². The highest BCUT2D eigenvalue weighted by Gasteiger charge is 2.22. The molecule has 152 valence electrons. The number of nitrogens with one attached hydrogen (secondary N) is 1. The van der Waals surface area contributed by atoms with Crippen molar-refractivity contribution in [2.24, 2.45) is 0 Å². The topological polar surface area (TPSA) is 108 Å². The molecule has 1 aromatic carbocycles. The fraction of sp³-hybridized carbons (Fsp3) is 0.238. The van der Waals surface area contributed by atoms with Gasteiger partial charge in [-0.1, -0.05) is 32.9 Å². The lowest BCUT2D eigenvalue weighted by Gasteiger charge is -2.13. The largest absolute Gasteiger partial charge is 0.309 e. The maximum absolute atomic E-state index is 12.8. The van der Waals surface area contributed by atoms with Crippen molar-refractivity contribution in [1.82, 2.24) is 29.5 Å². The molecule has 0 unspecified atom stereocenters. The zero-order chi connectivity index (χ0) is 21.3. The number of carbonyl (C=O) groups excluding carboxylic acids is 1. The molecule has 0 bridgehead atoms. The first-order chi connectivity index (χ1) is 14.3. The first-order valence-electron chi connectivity index (χ1n) is 9.45. The number of aromatic nitrogens is 6. The second-order valence-electron chi connectivity index (χ2n) is 7.86. The lowest BCUT2D eigenvalue weighted by Crippen LogP contribution is -2.23. The van der Waals surface area contributed by atoms with Gasteiger partial charge in [0, 0.05) is 29.3 Å². The van der Waals surface area contributed by atoms with Crippen molar-refractivity contribution >= 4 is 22.6 Å². The molecule has 0 aliphatic carbocycles. The predicted molar refractivity (Wildman–Crippen MR) is 112 cm³/mol. The molecule has 1 amide bonds. The van der Waals surface area contributed by atoms with Gasteiger partial charge in [-0.3, -0.25) is 14.3 Å². The van der Waals surface area contributed by atoms with E-state index >= 15 is 0 Å². The van der Waals surface area contributed by atoms with E-state index in [2.05, 4.69) is 25.5 Å². The molecule has 0 aliphatic rings. The summed E-state index contributed by atoms with van der Waals surface area (Å²) in [5, 5.41) is 12.1. The average Bonchev–Trinajstić information content (AvgIpc) is 3.15. The first-order valence-corrected chi connectivity index (χ1v) is 9.45. The van der Waals surface area contributed by atoms with E-state index in [-0.39, 0.29) is 23.3 Å². The number of amides is 1. The van der Waals surface area contributed by atoms with Crippen LogP contribution in [0.3, 0.4) is 0 Å². The molecule has 0 aliphatic heterocycles. The zero-order valence-corrected chi connectivity index (χ0v) is 16.9. The Morgan fingerprint density at radius 3 is 2.57 bits per heavy atom. The zero-order valence-electron chi connectivity index (χ0n) is 16.9. The van der Waals surface area contributed by atoms with Gasteiger partial charge in [-0.25, -0.2) is 9.97 Å². The van der Waals surface area contributed by atoms with Crippen LogP contribution >= 0.6 is 0 Å². The first kappa shape index (κ1) is 19.4. The molecule has 9 heteroatoms. The molecule has 0 fully saturated rings. The quantitative estimate of drug-likeness (QED) is 0.560. The predicted octanol–water partition coefficient (Wildman–Crippen LogP) is 2.31. The summed E-state index contributed by atoms with van der Waals surface area (Å²) in [6.45, 7) is 6.04. The molecule has 30 heavy (non-hydrogen) atoms. The van der Waals surface area contributed by atoms with Crippen molar-refractivity contribution in [2.45, 2.75) is 32.7 Å². The monoisotopic (exact) mass is 403 g/mol. The molecule has 0 atom stereocenters. The van der Waals surface area contributed by atoms with Crippen LogP contribution in [0.25, 0.3) is 16.9 Å². The summed E-state index contributed by atoms with van der Waals surface area (Å²) < 4.78 is 3.01. The molecule has 4 rings (SSSR count). The summed E-state index contributed by atoms with van der Waals surface area (Å²) in [6, 6.07) is 10.6. The third kappa shape index (κ3) is 3.82. The molecule has 0 spiro atoms. The SMILES string of the molecule is CC(C)(C)c1cc(NC(=O)Cn2ncc(=O)c3ccccc32)n(-c2ncccn2)n1. The fourth-order valence-corrected chi connectivity index (χ4v) is 3.00. The summed E-state index contributed by atoms with van der Waals surface area (Å²) in [6.07, 6.45) is 4.45. The number of carbonyl (C=O) groups is 1. The van der Waals surface area contributed by atoms with Crippen LogP contribution < -0.4 is 10.7 Å². The van der Waals surface area contributed by atoms with Crippen LogP contribution in [-0.4, -0.2) is 35.4 Å². The molecule has 0 saturated carbocycles. The van der Waals surface area contributed by atoms with Gasteiger partial charge in [-0.15, -0.1) is 0 Å². The van der Waals surface area contributed by atoms with Gasteiger partial charge >= 0.3 is 0 Å². The number of hydrogen-bond acceptors (Lipinski definition) is 6. The van der Waals surface area contributed by atoms with Crippen LogP contribution in [0.1, 0.15) is 26.5 Å². The second kappa shape index (κ2) is 7.51. The van der Waals surface area contributed by atoms with E-state index in [1.807, 2.05) is 26.8 Å². The second-order valence-corrected chi connectivity index (χ2v) is 7.86. The van der Waals surface area contributed by atoms with E-state index in [1.165, 1.54) is 15.6 Å². The minimum atomic E-state index is -0.311. The van der Waals surface area contributed by atoms with Crippen molar-refractivity contribution < 1.29 is 4.79 Å². The van der Waals surface area contributed by atoms with E-state index in [0.717, 1.165) is 5.69 Å². The summed E-state index contributed by atoms with van der Waals surface area (Å²) in [4.78, 5) is 33.3. The number of anilines is 1. The van der Waals surface area contributed by atoms with Crippen molar-refractivity contribution in [3.8, 4) is 5.95 Å². The van der Waals surface area contributed by atoms with Gasteiger partial charge in [-0.05, 0) is 18.2 Å². The highest BCUT2D eigenvalue weighted by atomic mass is 16.2.